The van der Waals surface area contributed by atoms with Crippen molar-refractivity contribution in [1.29, 1.82) is 0 Å². The summed E-state index contributed by atoms with van der Waals surface area (Å²) in [5, 5.41) is 3.34. The molecular formula is C17H28N2O. The Kier molecular flexibility index (Phi) is 4.98. The number of benzene rings is 1. The Bertz CT molecular complexity index is 459. The molecule has 0 saturated carbocycles. The predicted molar refractivity (Wildman–Crippen MR) is 84.6 cm³/mol. The van der Waals surface area contributed by atoms with Crippen molar-refractivity contribution < 1.29 is 4.79 Å². The van der Waals surface area contributed by atoms with E-state index in [0.717, 1.165) is 12.0 Å². The lowest BCUT2D eigenvalue weighted by molar-refractivity contribution is -0.124. The number of carbonyl (C=O) groups excluding carboxylic acids is 1. The summed E-state index contributed by atoms with van der Waals surface area (Å²) in [6.07, 6.45) is 0.947. The highest BCUT2D eigenvalue weighted by Gasteiger charge is 2.34. The van der Waals surface area contributed by atoms with Crippen LogP contribution >= 0.6 is 0 Å². The van der Waals surface area contributed by atoms with Crippen LogP contribution in [0.4, 0.5) is 0 Å². The molecule has 1 aromatic carbocycles. The Morgan fingerprint density at radius 3 is 1.95 bits per heavy atom. The lowest BCUT2D eigenvalue weighted by atomic mass is 9.83. The minimum atomic E-state index is -0.828. The van der Waals surface area contributed by atoms with Crippen molar-refractivity contribution in [1.82, 2.24) is 5.32 Å². The third-order valence-corrected chi connectivity index (χ3v) is 3.97. The number of carbonyl (C=O) groups is 1. The molecule has 0 saturated heterocycles. The van der Waals surface area contributed by atoms with Crippen molar-refractivity contribution in [3.8, 4) is 0 Å². The monoisotopic (exact) mass is 276 g/mol. The van der Waals surface area contributed by atoms with E-state index in [0.29, 0.717) is 0 Å². The van der Waals surface area contributed by atoms with Crippen LogP contribution in [0.25, 0.3) is 0 Å². The Hall–Kier alpha value is -1.35. The maximum absolute atomic E-state index is 11.9. The fourth-order valence-electron chi connectivity index (χ4n) is 2.20. The smallest absolute Gasteiger partial charge is 0.242 e. The lowest BCUT2D eigenvalue weighted by Crippen LogP contribution is -2.53. The summed E-state index contributed by atoms with van der Waals surface area (Å²) in [6.45, 7) is 12.5. The van der Waals surface area contributed by atoms with E-state index in [9.17, 15) is 4.79 Å². The molecule has 3 nitrogen and oxygen atoms in total. The Labute approximate surface area is 122 Å². The van der Waals surface area contributed by atoms with Gasteiger partial charge in [0.05, 0.1) is 0 Å². The van der Waals surface area contributed by atoms with E-state index in [2.05, 4.69) is 52.1 Å². The third kappa shape index (κ3) is 3.60. The second-order valence-corrected chi connectivity index (χ2v) is 6.77. The molecule has 1 rings (SSSR count). The minimum absolute atomic E-state index is 0.103. The predicted octanol–water partition coefficient (Wildman–Crippen LogP) is 3.07. The summed E-state index contributed by atoms with van der Waals surface area (Å²) in [7, 11) is 0. The number of hydrogen-bond acceptors (Lipinski definition) is 2. The van der Waals surface area contributed by atoms with Gasteiger partial charge in [-0.25, -0.2) is 0 Å². The molecule has 20 heavy (non-hydrogen) atoms. The standard InChI is InChI=1S/C17H28N2O/c1-7-12(2)19-17(6,15(18)20)14-10-8-13(9-11-14)16(3,4)5/h8-12,19H,7H2,1-6H3,(H2,18,20). The molecule has 2 unspecified atom stereocenters. The normalized spacial score (nSPS) is 16.5. The topological polar surface area (TPSA) is 55.1 Å². The highest BCUT2D eigenvalue weighted by Crippen LogP contribution is 2.27. The number of hydrogen-bond donors (Lipinski definition) is 2. The first kappa shape index (κ1) is 16.7. The molecule has 1 aromatic rings. The van der Waals surface area contributed by atoms with Gasteiger partial charge in [-0.15, -0.1) is 0 Å². The lowest BCUT2D eigenvalue weighted by Gasteiger charge is -2.32. The van der Waals surface area contributed by atoms with Crippen LogP contribution in [0.5, 0.6) is 0 Å². The molecule has 0 aliphatic carbocycles. The van der Waals surface area contributed by atoms with Gasteiger partial charge >= 0.3 is 0 Å². The van der Waals surface area contributed by atoms with E-state index in [-0.39, 0.29) is 17.4 Å². The van der Waals surface area contributed by atoms with E-state index >= 15 is 0 Å². The summed E-state index contributed by atoms with van der Waals surface area (Å²) in [6, 6.07) is 8.39. The van der Waals surface area contributed by atoms with Crippen molar-refractivity contribution in [2.24, 2.45) is 5.73 Å². The van der Waals surface area contributed by atoms with Gasteiger partial charge in [-0.1, -0.05) is 52.0 Å². The molecule has 2 atom stereocenters. The molecule has 112 valence electrons. The number of primary amides is 1. The highest BCUT2D eigenvalue weighted by atomic mass is 16.1. The van der Waals surface area contributed by atoms with Gasteiger partial charge in [0, 0.05) is 6.04 Å². The molecule has 0 fully saturated rings. The van der Waals surface area contributed by atoms with Gasteiger partial charge in [-0.05, 0) is 36.8 Å². The molecule has 0 radical (unpaired) electrons. The molecule has 3 heteroatoms. The van der Waals surface area contributed by atoms with E-state index in [1.165, 1.54) is 5.56 Å². The van der Waals surface area contributed by atoms with Crippen LogP contribution in [0.2, 0.25) is 0 Å². The minimum Gasteiger partial charge on any atom is -0.368 e. The zero-order chi connectivity index (χ0) is 15.6. The second kappa shape index (κ2) is 5.96. The Morgan fingerprint density at radius 2 is 1.60 bits per heavy atom. The van der Waals surface area contributed by atoms with Gasteiger partial charge < -0.3 is 5.73 Å². The summed E-state index contributed by atoms with van der Waals surface area (Å²) < 4.78 is 0. The maximum Gasteiger partial charge on any atom is 0.242 e. The molecule has 0 aromatic heterocycles. The van der Waals surface area contributed by atoms with Crippen molar-refractivity contribution in [3.05, 3.63) is 35.4 Å². The van der Waals surface area contributed by atoms with Gasteiger partial charge in [-0.3, -0.25) is 10.1 Å². The zero-order valence-electron chi connectivity index (χ0n) is 13.6. The average molecular weight is 276 g/mol. The number of nitrogens with two attached hydrogens (primary N) is 1. The van der Waals surface area contributed by atoms with Gasteiger partial charge in [0.25, 0.3) is 0 Å². The summed E-state index contributed by atoms with van der Waals surface area (Å²) in [5.74, 6) is -0.346. The average Bonchev–Trinajstić information content (AvgIpc) is 2.37. The molecule has 1 amide bonds. The van der Waals surface area contributed by atoms with Crippen LogP contribution < -0.4 is 11.1 Å². The Morgan fingerprint density at radius 1 is 1.15 bits per heavy atom. The number of nitrogens with one attached hydrogen (secondary N) is 1. The highest BCUT2D eigenvalue weighted by molar-refractivity contribution is 5.85. The molecule has 0 heterocycles. The van der Waals surface area contributed by atoms with Crippen molar-refractivity contribution in [2.45, 2.75) is 65.0 Å². The molecule has 0 aliphatic heterocycles. The van der Waals surface area contributed by atoms with Gasteiger partial charge in [0.2, 0.25) is 5.91 Å². The molecule has 3 N–H and O–H groups in total. The molecule has 0 spiro atoms. The first-order valence-electron chi connectivity index (χ1n) is 7.30. The fraction of sp³-hybridized carbons (Fsp3) is 0.588. The molecule has 0 aliphatic rings. The van der Waals surface area contributed by atoms with Crippen LogP contribution in [-0.2, 0) is 15.7 Å². The van der Waals surface area contributed by atoms with E-state index in [1.807, 2.05) is 19.1 Å². The fourth-order valence-corrected chi connectivity index (χ4v) is 2.20. The van der Waals surface area contributed by atoms with Gasteiger partial charge in [0.1, 0.15) is 5.54 Å². The quantitative estimate of drug-likeness (QED) is 0.868. The van der Waals surface area contributed by atoms with Crippen LogP contribution in [-0.4, -0.2) is 11.9 Å². The first-order chi connectivity index (χ1) is 9.11. The second-order valence-electron chi connectivity index (χ2n) is 6.77. The van der Waals surface area contributed by atoms with Crippen LogP contribution in [0.3, 0.4) is 0 Å². The zero-order valence-corrected chi connectivity index (χ0v) is 13.6. The third-order valence-electron chi connectivity index (χ3n) is 3.97. The SMILES string of the molecule is CCC(C)NC(C)(C(N)=O)c1ccc(C(C)(C)C)cc1. The van der Waals surface area contributed by atoms with Crippen molar-refractivity contribution in [3.63, 3.8) is 0 Å². The summed E-state index contributed by atoms with van der Waals surface area (Å²) in [5.41, 5.74) is 7.07. The van der Waals surface area contributed by atoms with Crippen molar-refractivity contribution in [2.75, 3.05) is 0 Å². The van der Waals surface area contributed by atoms with E-state index in [4.69, 9.17) is 5.73 Å². The summed E-state index contributed by atoms with van der Waals surface area (Å²) in [4.78, 5) is 11.9. The number of rotatable bonds is 5. The first-order valence-corrected chi connectivity index (χ1v) is 7.30. The van der Waals surface area contributed by atoms with Gasteiger partial charge in [0.15, 0.2) is 0 Å². The Balaban J connectivity index is 3.13. The summed E-state index contributed by atoms with van der Waals surface area (Å²) >= 11 is 0. The van der Waals surface area contributed by atoms with Crippen molar-refractivity contribution >= 4 is 5.91 Å². The number of amides is 1. The van der Waals surface area contributed by atoms with E-state index < -0.39 is 5.54 Å². The maximum atomic E-state index is 11.9. The van der Waals surface area contributed by atoms with Crippen LogP contribution in [0.15, 0.2) is 24.3 Å². The molecule has 0 bridgehead atoms. The van der Waals surface area contributed by atoms with Crippen LogP contribution in [0, 0.1) is 0 Å². The largest absolute Gasteiger partial charge is 0.368 e. The van der Waals surface area contributed by atoms with E-state index in [1.54, 1.807) is 0 Å². The van der Waals surface area contributed by atoms with Gasteiger partial charge in [-0.2, -0.15) is 0 Å². The molecular weight excluding hydrogens is 248 g/mol. The van der Waals surface area contributed by atoms with Crippen LogP contribution in [0.1, 0.15) is 59.1 Å².